The van der Waals surface area contributed by atoms with Crippen LogP contribution in [0.4, 0.5) is 22.0 Å². The average molecular weight is 485 g/mol. The Hall–Kier alpha value is -1.59. The lowest BCUT2D eigenvalue weighted by Gasteiger charge is -2.38. The van der Waals surface area contributed by atoms with Gasteiger partial charge in [0.1, 0.15) is 11.3 Å². The van der Waals surface area contributed by atoms with Crippen molar-refractivity contribution in [3.63, 3.8) is 0 Å². The summed E-state index contributed by atoms with van der Waals surface area (Å²) in [6.45, 7) is 5.85. The molecule has 34 heavy (non-hydrogen) atoms. The van der Waals surface area contributed by atoms with Crippen LogP contribution in [0.5, 0.6) is 5.75 Å². The first-order valence-corrected chi connectivity index (χ1v) is 13.1. The van der Waals surface area contributed by atoms with E-state index in [1.807, 2.05) is 13.0 Å². The van der Waals surface area contributed by atoms with Crippen LogP contribution in [0.25, 0.3) is 0 Å². The van der Waals surface area contributed by atoms with Crippen LogP contribution >= 0.6 is 0 Å². The SMILES string of the molecule is C=CC1CCC(C2CCC(c3cc4c(c(C(F)(F)F)c3C(F)F)OC(CCC)CC4)CC2)CC1. The number of hydrogen-bond donors (Lipinski definition) is 0. The minimum absolute atomic E-state index is 0.215. The van der Waals surface area contributed by atoms with Gasteiger partial charge in [0.25, 0.3) is 6.43 Å². The topological polar surface area (TPSA) is 9.23 Å². The second kappa shape index (κ2) is 10.6. The van der Waals surface area contributed by atoms with E-state index in [2.05, 4.69) is 6.58 Å². The fraction of sp³-hybridized carbons (Fsp3) is 0.714. The van der Waals surface area contributed by atoms with Crippen molar-refractivity contribution < 1.29 is 26.7 Å². The molecule has 1 unspecified atom stereocenters. The number of rotatable bonds is 6. The van der Waals surface area contributed by atoms with Gasteiger partial charge in [0, 0.05) is 5.56 Å². The molecule has 0 aromatic heterocycles. The molecule has 2 saturated carbocycles. The van der Waals surface area contributed by atoms with Crippen molar-refractivity contribution in [3.8, 4) is 5.75 Å². The predicted octanol–water partition coefficient (Wildman–Crippen LogP) is 9.40. The lowest BCUT2D eigenvalue weighted by Crippen LogP contribution is -2.28. The number of fused-ring (bicyclic) bond motifs is 1. The molecule has 2 fully saturated rings. The molecule has 0 radical (unpaired) electrons. The number of ether oxygens (including phenoxy) is 1. The maximum Gasteiger partial charge on any atom is 0.420 e. The quantitative estimate of drug-likeness (QED) is 0.289. The molecule has 1 aromatic rings. The van der Waals surface area contributed by atoms with Gasteiger partial charge in [0.15, 0.2) is 0 Å². The first-order valence-electron chi connectivity index (χ1n) is 13.1. The molecule has 190 valence electrons. The van der Waals surface area contributed by atoms with E-state index in [1.54, 1.807) is 6.07 Å². The van der Waals surface area contributed by atoms with Crippen LogP contribution < -0.4 is 4.74 Å². The third-order valence-electron chi connectivity index (χ3n) is 8.59. The lowest BCUT2D eigenvalue weighted by atomic mass is 9.67. The Balaban J connectivity index is 1.59. The summed E-state index contributed by atoms with van der Waals surface area (Å²) in [7, 11) is 0. The van der Waals surface area contributed by atoms with E-state index in [-0.39, 0.29) is 23.3 Å². The van der Waals surface area contributed by atoms with Crippen molar-refractivity contribution in [2.45, 2.75) is 109 Å². The Morgan fingerprint density at radius 2 is 1.62 bits per heavy atom. The van der Waals surface area contributed by atoms with E-state index in [9.17, 15) is 22.0 Å². The Labute approximate surface area is 200 Å². The molecular weight excluding hydrogens is 447 g/mol. The van der Waals surface area contributed by atoms with Gasteiger partial charge in [-0.15, -0.1) is 6.58 Å². The van der Waals surface area contributed by atoms with Gasteiger partial charge in [0.2, 0.25) is 0 Å². The summed E-state index contributed by atoms with van der Waals surface area (Å²) in [4.78, 5) is 0. The first kappa shape index (κ1) is 25.5. The molecule has 1 heterocycles. The molecular formula is C28H37F5O. The van der Waals surface area contributed by atoms with Crippen molar-refractivity contribution in [1.29, 1.82) is 0 Å². The summed E-state index contributed by atoms with van der Waals surface area (Å²) >= 11 is 0. The highest BCUT2D eigenvalue weighted by atomic mass is 19.4. The highest BCUT2D eigenvalue weighted by Crippen LogP contribution is 2.52. The number of aryl methyl sites for hydroxylation is 1. The summed E-state index contributed by atoms with van der Waals surface area (Å²) < 4.78 is 76.8. The Kier molecular flexibility index (Phi) is 7.93. The third-order valence-corrected chi connectivity index (χ3v) is 8.59. The van der Waals surface area contributed by atoms with Gasteiger partial charge in [-0.1, -0.05) is 25.5 Å². The van der Waals surface area contributed by atoms with E-state index in [4.69, 9.17) is 4.74 Å². The van der Waals surface area contributed by atoms with Crippen molar-refractivity contribution >= 4 is 0 Å². The summed E-state index contributed by atoms with van der Waals surface area (Å²) in [6.07, 6.45) is 3.95. The number of hydrogen-bond acceptors (Lipinski definition) is 1. The van der Waals surface area contributed by atoms with Gasteiger partial charge in [-0.2, -0.15) is 13.2 Å². The third kappa shape index (κ3) is 5.31. The number of halogens is 5. The monoisotopic (exact) mass is 484 g/mol. The van der Waals surface area contributed by atoms with Crippen LogP contribution in [0.2, 0.25) is 0 Å². The number of benzene rings is 1. The second-order valence-electron chi connectivity index (χ2n) is 10.6. The summed E-state index contributed by atoms with van der Waals surface area (Å²) in [5.74, 6) is 1.20. The van der Waals surface area contributed by atoms with E-state index in [0.717, 1.165) is 32.1 Å². The number of alkyl halides is 5. The van der Waals surface area contributed by atoms with Crippen LogP contribution in [0.15, 0.2) is 18.7 Å². The highest BCUT2D eigenvalue weighted by molar-refractivity contribution is 5.55. The molecule has 6 heteroatoms. The standard InChI is InChI=1S/C28H37F5O/c1-3-5-22-15-14-21-16-23(24(27(29)30)25(26(21)34-22)28(31,32)33)20-12-10-19(11-13-20)18-8-6-17(4-2)7-9-18/h4,16-20,22,27H,2-3,5-15H2,1H3. The fourth-order valence-corrected chi connectivity index (χ4v) is 6.75. The molecule has 0 bridgehead atoms. The van der Waals surface area contributed by atoms with Crippen molar-refractivity contribution in [2.75, 3.05) is 0 Å². The zero-order valence-electron chi connectivity index (χ0n) is 20.1. The first-order chi connectivity index (χ1) is 16.2. The molecule has 0 spiro atoms. The van der Waals surface area contributed by atoms with E-state index in [1.165, 1.54) is 12.8 Å². The summed E-state index contributed by atoms with van der Waals surface area (Å²) in [6, 6.07) is 1.63. The maximum atomic E-state index is 14.3. The molecule has 3 aliphatic rings. The average Bonchev–Trinajstić information content (AvgIpc) is 2.82. The van der Waals surface area contributed by atoms with E-state index < -0.39 is 23.7 Å². The van der Waals surface area contributed by atoms with Crippen molar-refractivity contribution in [1.82, 2.24) is 0 Å². The Morgan fingerprint density at radius 3 is 2.15 bits per heavy atom. The molecule has 4 rings (SSSR count). The van der Waals surface area contributed by atoms with Gasteiger partial charge < -0.3 is 4.74 Å². The minimum Gasteiger partial charge on any atom is -0.489 e. The second-order valence-corrected chi connectivity index (χ2v) is 10.6. The van der Waals surface area contributed by atoms with Crippen LogP contribution in [-0.4, -0.2) is 6.10 Å². The van der Waals surface area contributed by atoms with Crippen LogP contribution in [-0.2, 0) is 12.6 Å². The zero-order chi connectivity index (χ0) is 24.5. The fourth-order valence-electron chi connectivity index (χ4n) is 6.75. The van der Waals surface area contributed by atoms with Gasteiger partial charge in [-0.3, -0.25) is 0 Å². The summed E-state index contributed by atoms with van der Waals surface area (Å²) in [5.41, 5.74) is -1.39. The summed E-state index contributed by atoms with van der Waals surface area (Å²) in [5, 5.41) is 0. The Morgan fingerprint density at radius 1 is 1.00 bits per heavy atom. The molecule has 0 saturated heterocycles. The largest absolute Gasteiger partial charge is 0.489 e. The molecule has 0 amide bonds. The van der Waals surface area contributed by atoms with E-state index in [0.29, 0.717) is 55.4 Å². The molecule has 2 aliphatic carbocycles. The highest BCUT2D eigenvalue weighted by Gasteiger charge is 2.44. The van der Waals surface area contributed by atoms with Crippen LogP contribution in [0, 0.1) is 17.8 Å². The van der Waals surface area contributed by atoms with Crippen molar-refractivity contribution in [2.24, 2.45) is 17.8 Å². The minimum atomic E-state index is -4.87. The lowest BCUT2D eigenvalue weighted by molar-refractivity contribution is -0.141. The smallest absolute Gasteiger partial charge is 0.420 e. The molecule has 1 aromatic carbocycles. The van der Waals surface area contributed by atoms with Crippen molar-refractivity contribution in [3.05, 3.63) is 41.0 Å². The molecule has 1 nitrogen and oxygen atoms in total. The normalized spacial score (nSPS) is 30.0. The zero-order valence-corrected chi connectivity index (χ0v) is 20.1. The van der Waals surface area contributed by atoms with Gasteiger partial charge in [-0.25, -0.2) is 8.78 Å². The number of allylic oxidation sites excluding steroid dienone is 1. The maximum absolute atomic E-state index is 14.3. The molecule has 0 N–H and O–H groups in total. The Bertz CT molecular complexity index is 845. The van der Waals surface area contributed by atoms with Gasteiger partial charge >= 0.3 is 6.18 Å². The molecule has 1 aliphatic heterocycles. The van der Waals surface area contributed by atoms with Crippen LogP contribution in [0.1, 0.15) is 112 Å². The van der Waals surface area contributed by atoms with E-state index >= 15 is 0 Å². The van der Waals surface area contributed by atoms with Crippen LogP contribution in [0.3, 0.4) is 0 Å². The predicted molar refractivity (Wildman–Crippen MR) is 124 cm³/mol. The van der Waals surface area contributed by atoms with Gasteiger partial charge in [-0.05, 0) is 105 Å². The van der Waals surface area contributed by atoms with Gasteiger partial charge in [0.05, 0.1) is 6.10 Å². The molecule has 1 atom stereocenters.